The highest BCUT2D eigenvalue weighted by Gasteiger charge is 2.26. The summed E-state index contributed by atoms with van der Waals surface area (Å²) in [5.74, 6) is 0. The van der Waals surface area contributed by atoms with Gasteiger partial charge in [-0.15, -0.1) is 0 Å². The van der Waals surface area contributed by atoms with Crippen LogP contribution in [0.3, 0.4) is 0 Å². The van der Waals surface area contributed by atoms with Crippen molar-refractivity contribution in [2.75, 3.05) is 0 Å². The van der Waals surface area contributed by atoms with E-state index in [2.05, 4.69) is 35.9 Å². The first-order valence-corrected chi connectivity index (χ1v) is 5.43. The fraction of sp³-hybridized carbons (Fsp3) is 0.583. The van der Waals surface area contributed by atoms with E-state index < -0.39 is 0 Å². The lowest BCUT2D eigenvalue weighted by Crippen LogP contribution is -2.32. The Bertz CT molecular complexity index is 274. The van der Waals surface area contributed by atoms with Crippen molar-refractivity contribution in [3.8, 4) is 0 Å². The van der Waals surface area contributed by atoms with Gasteiger partial charge in [0.1, 0.15) is 0 Å². The van der Waals surface area contributed by atoms with Crippen LogP contribution in [0.5, 0.6) is 0 Å². The zero-order valence-electron chi connectivity index (χ0n) is 8.98. The van der Waals surface area contributed by atoms with E-state index in [0.29, 0.717) is 12.1 Å². The predicted molar refractivity (Wildman–Crippen MR) is 57.9 cm³/mol. The van der Waals surface area contributed by atoms with Crippen LogP contribution in [-0.4, -0.2) is 22.0 Å². The van der Waals surface area contributed by atoms with E-state index in [0.717, 1.165) is 6.54 Å². The molecular formula is C12H18N2. The Morgan fingerprint density at radius 3 is 2.57 bits per heavy atom. The van der Waals surface area contributed by atoms with Crippen LogP contribution in [0.4, 0.5) is 0 Å². The summed E-state index contributed by atoms with van der Waals surface area (Å²) in [4.78, 5) is 6.91. The normalized spacial score (nSPS) is 28.1. The molecule has 0 aliphatic carbocycles. The van der Waals surface area contributed by atoms with Crippen molar-refractivity contribution in [2.45, 2.75) is 45.3 Å². The van der Waals surface area contributed by atoms with Crippen LogP contribution in [-0.2, 0) is 6.54 Å². The minimum atomic E-state index is 0.715. The molecule has 2 heteroatoms. The Hall–Kier alpha value is -0.890. The fourth-order valence-corrected chi connectivity index (χ4v) is 2.24. The van der Waals surface area contributed by atoms with Crippen molar-refractivity contribution >= 4 is 0 Å². The Morgan fingerprint density at radius 2 is 2.00 bits per heavy atom. The lowest BCUT2D eigenvalue weighted by molar-refractivity contribution is 0.202. The summed E-state index contributed by atoms with van der Waals surface area (Å²) in [6.07, 6.45) is 4.53. The standard InChI is InChI=1S/C12H18N2/c1-10-6-7-11(2)14(10)9-12-5-3-4-8-13-12/h3-5,8,10-11H,6-7,9H2,1-2H3/t10-,11-/m1/s1. The number of aromatic nitrogens is 1. The van der Waals surface area contributed by atoms with E-state index in [9.17, 15) is 0 Å². The summed E-state index contributed by atoms with van der Waals surface area (Å²) in [7, 11) is 0. The Morgan fingerprint density at radius 1 is 1.29 bits per heavy atom. The summed E-state index contributed by atoms with van der Waals surface area (Å²) in [6.45, 7) is 5.63. The second-order valence-electron chi connectivity index (χ2n) is 4.27. The summed E-state index contributed by atoms with van der Waals surface area (Å²) in [5, 5.41) is 0. The number of rotatable bonds is 2. The first-order valence-electron chi connectivity index (χ1n) is 5.43. The van der Waals surface area contributed by atoms with Crippen molar-refractivity contribution in [3.63, 3.8) is 0 Å². The van der Waals surface area contributed by atoms with Crippen molar-refractivity contribution in [2.24, 2.45) is 0 Å². The van der Waals surface area contributed by atoms with E-state index in [1.807, 2.05) is 12.3 Å². The van der Waals surface area contributed by atoms with Crippen LogP contribution in [0, 0.1) is 0 Å². The summed E-state index contributed by atoms with van der Waals surface area (Å²) in [5.41, 5.74) is 1.19. The third-order valence-corrected chi connectivity index (χ3v) is 3.21. The monoisotopic (exact) mass is 190 g/mol. The second-order valence-corrected chi connectivity index (χ2v) is 4.27. The molecule has 2 atom stereocenters. The third kappa shape index (κ3) is 1.95. The molecule has 1 aromatic rings. The van der Waals surface area contributed by atoms with E-state index in [-0.39, 0.29) is 0 Å². The van der Waals surface area contributed by atoms with E-state index in [1.165, 1.54) is 18.5 Å². The molecule has 1 aliphatic heterocycles. The molecule has 1 aromatic heterocycles. The van der Waals surface area contributed by atoms with Crippen LogP contribution < -0.4 is 0 Å². The van der Waals surface area contributed by atoms with E-state index in [1.54, 1.807) is 0 Å². The Balaban J connectivity index is 2.04. The summed E-state index contributed by atoms with van der Waals surface area (Å²) >= 11 is 0. The molecule has 0 amide bonds. The first kappa shape index (κ1) is 9.66. The second kappa shape index (κ2) is 4.09. The highest BCUT2D eigenvalue weighted by Crippen LogP contribution is 2.24. The number of likely N-dealkylation sites (tertiary alicyclic amines) is 1. The first-order chi connectivity index (χ1) is 6.77. The van der Waals surface area contributed by atoms with Crippen molar-refractivity contribution < 1.29 is 0 Å². The molecule has 1 saturated heterocycles. The van der Waals surface area contributed by atoms with Crippen LogP contribution >= 0.6 is 0 Å². The maximum atomic E-state index is 4.37. The molecule has 0 spiro atoms. The smallest absolute Gasteiger partial charge is 0.0544 e. The van der Waals surface area contributed by atoms with Gasteiger partial charge in [0, 0.05) is 24.8 Å². The molecule has 0 bridgehead atoms. The predicted octanol–water partition coefficient (Wildman–Crippen LogP) is 2.45. The molecular weight excluding hydrogens is 172 g/mol. The zero-order valence-corrected chi connectivity index (χ0v) is 8.98. The SMILES string of the molecule is C[C@@H]1CC[C@@H](C)N1Cc1ccccn1. The zero-order chi connectivity index (χ0) is 9.97. The van der Waals surface area contributed by atoms with E-state index >= 15 is 0 Å². The molecule has 0 aromatic carbocycles. The highest BCUT2D eigenvalue weighted by molar-refractivity contribution is 5.04. The van der Waals surface area contributed by atoms with Crippen LogP contribution in [0.25, 0.3) is 0 Å². The molecule has 0 radical (unpaired) electrons. The summed E-state index contributed by atoms with van der Waals surface area (Å²) < 4.78 is 0. The van der Waals surface area contributed by atoms with Gasteiger partial charge in [0.05, 0.1) is 5.69 Å². The van der Waals surface area contributed by atoms with Gasteiger partial charge < -0.3 is 0 Å². The molecule has 0 N–H and O–H groups in total. The minimum absolute atomic E-state index is 0.715. The van der Waals surface area contributed by atoms with Gasteiger partial charge in [-0.2, -0.15) is 0 Å². The van der Waals surface area contributed by atoms with Gasteiger partial charge >= 0.3 is 0 Å². The lowest BCUT2D eigenvalue weighted by Gasteiger charge is -2.25. The number of pyridine rings is 1. The van der Waals surface area contributed by atoms with Gasteiger partial charge in [-0.1, -0.05) is 6.07 Å². The average molecular weight is 190 g/mol. The van der Waals surface area contributed by atoms with E-state index in [4.69, 9.17) is 0 Å². The number of hydrogen-bond acceptors (Lipinski definition) is 2. The number of hydrogen-bond donors (Lipinski definition) is 0. The maximum Gasteiger partial charge on any atom is 0.0544 e. The fourth-order valence-electron chi connectivity index (χ4n) is 2.24. The molecule has 0 unspecified atom stereocenters. The summed E-state index contributed by atoms with van der Waals surface area (Å²) in [6, 6.07) is 7.57. The third-order valence-electron chi connectivity index (χ3n) is 3.21. The lowest BCUT2D eigenvalue weighted by atomic mass is 10.2. The molecule has 2 nitrogen and oxygen atoms in total. The quantitative estimate of drug-likeness (QED) is 0.712. The highest BCUT2D eigenvalue weighted by atomic mass is 15.2. The molecule has 76 valence electrons. The number of nitrogens with zero attached hydrogens (tertiary/aromatic N) is 2. The van der Waals surface area contributed by atoms with Crippen LogP contribution in [0.2, 0.25) is 0 Å². The van der Waals surface area contributed by atoms with Gasteiger partial charge in [0.15, 0.2) is 0 Å². The van der Waals surface area contributed by atoms with Crippen molar-refractivity contribution in [1.29, 1.82) is 0 Å². The van der Waals surface area contributed by atoms with Gasteiger partial charge in [-0.05, 0) is 38.8 Å². The van der Waals surface area contributed by atoms with Crippen molar-refractivity contribution in [1.82, 2.24) is 9.88 Å². The van der Waals surface area contributed by atoms with Gasteiger partial charge in [-0.25, -0.2) is 0 Å². The largest absolute Gasteiger partial charge is 0.292 e. The molecule has 2 heterocycles. The minimum Gasteiger partial charge on any atom is -0.292 e. The van der Waals surface area contributed by atoms with Crippen LogP contribution in [0.1, 0.15) is 32.4 Å². The van der Waals surface area contributed by atoms with Gasteiger partial charge in [-0.3, -0.25) is 9.88 Å². The van der Waals surface area contributed by atoms with Gasteiger partial charge in [0.25, 0.3) is 0 Å². The maximum absolute atomic E-state index is 4.37. The average Bonchev–Trinajstić information content (AvgIpc) is 2.51. The topological polar surface area (TPSA) is 16.1 Å². The molecule has 1 aliphatic rings. The molecule has 2 rings (SSSR count). The molecule has 1 fully saturated rings. The Labute approximate surface area is 86.0 Å². The molecule has 14 heavy (non-hydrogen) atoms. The Kier molecular flexibility index (Phi) is 2.82. The van der Waals surface area contributed by atoms with Gasteiger partial charge in [0.2, 0.25) is 0 Å². The molecule has 0 saturated carbocycles. The van der Waals surface area contributed by atoms with Crippen molar-refractivity contribution in [3.05, 3.63) is 30.1 Å². The van der Waals surface area contributed by atoms with Crippen LogP contribution in [0.15, 0.2) is 24.4 Å².